The van der Waals surface area contributed by atoms with Crippen molar-refractivity contribution in [2.75, 3.05) is 30.1 Å². The van der Waals surface area contributed by atoms with Crippen LogP contribution >= 0.6 is 0 Å². The van der Waals surface area contributed by atoms with Crippen LogP contribution in [0.4, 0.5) is 17.6 Å². The minimum atomic E-state index is -0.343. The number of aryl methyl sites for hydroxylation is 1. The molecule has 0 saturated heterocycles. The van der Waals surface area contributed by atoms with Gasteiger partial charge in [0.05, 0.1) is 7.11 Å². The molecule has 0 unspecified atom stereocenters. The van der Waals surface area contributed by atoms with Gasteiger partial charge in [-0.25, -0.2) is 0 Å². The number of hydrogen-bond acceptors (Lipinski definition) is 6. The number of ether oxygens (including phenoxy) is 1. The van der Waals surface area contributed by atoms with E-state index in [2.05, 4.69) is 25.9 Å². The molecule has 8 heteroatoms. The summed E-state index contributed by atoms with van der Waals surface area (Å²) in [7, 11) is 3.24. The first-order chi connectivity index (χ1) is 14.0. The van der Waals surface area contributed by atoms with Gasteiger partial charge in [-0.05, 0) is 43.3 Å². The molecule has 29 heavy (non-hydrogen) atoms. The summed E-state index contributed by atoms with van der Waals surface area (Å²) in [6, 6.07) is 15.4. The van der Waals surface area contributed by atoms with E-state index >= 15 is 0 Å². The van der Waals surface area contributed by atoms with E-state index in [4.69, 9.17) is 4.74 Å². The Morgan fingerprint density at radius 2 is 1.55 bits per heavy atom. The molecule has 0 aliphatic carbocycles. The van der Waals surface area contributed by atoms with E-state index in [1.807, 2.05) is 13.0 Å². The Morgan fingerprint density at radius 3 is 2.21 bits per heavy atom. The number of nitrogens with zero attached hydrogens (tertiary/aromatic N) is 2. The van der Waals surface area contributed by atoms with Crippen LogP contribution in [0.25, 0.3) is 0 Å². The van der Waals surface area contributed by atoms with Gasteiger partial charge in [-0.15, -0.1) is 0 Å². The Hall–Kier alpha value is -3.94. The number of hydrogen-bond donors (Lipinski definition) is 3. The summed E-state index contributed by atoms with van der Waals surface area (Å²) < 4.78 is 5.09. The second-order valence-electron chi connectivity index (χ2n) is 6.22. The van der Waals surface area contributed by atoms with E-state index in [-0.39, 0.29) is 23.6 Å². The first kappa shape index (κ1) is 19.8. The maximum absolute atomic E-state index is 12.5. The lowest BCUT2D eigenvalue weighted by atomic mass is 10.1. The highest BCUT2D eigenvalue weighted by atomic mass is 16.5. The summed E-state index contributed by atoms with van der Waals surface area (Å²) in [5.74, 6) is 0.753. The maximum atomic E-state index is 12.5. The normalized spacial score (nSPS) is 10.2. The van der Waals surface area contributed by atoms with Crippen molar-refractivity contribution in [3.8, 4) is 5.75 Å². The molecule has 0 radical (unpaired) electrons. The van der Waals surface area contributed by atoms with E-state index in [1.54, 1.807) is 62.7 Å². The first-order valence-electron chi connectivity index (χ1n) is 8.89. The Morgan fingerprint density at radius 1 is 0.862 bits per heavy atom. The average Bonchev–Trinajstić information content (AvgIpc) is 2.73. The minimum absolute atomic E-state index is 0.0772. The van der Waals surface area contributed by atoms with Gasteiger partial charge in [0, 0.05) is 24.2 Å². The molecule has 2 amide bonds. The number of carbonyl (C=O) groups excluding carboxylic acids is 2. The Labute approximate surface area is 168 Å². The van der Waals surface area contributed by atoms with E-state index in [0.717, 1.165) is 5.56 Å². The Balaban J connectivity index is 1.79. The summed E-state index contributed by atoms with van der Waals surface area (Å²) in [6.45, 7) is 1.90. The second-order valence-corrected chi connectivity index (χ2v) is 6.22. The minimum Gasteiger partial charge on any atom is -0.497 e. The summed E-state index contributed by atoms with van der Waals surface area (Å²) in [5, 5.41) is 8.26. The number of nitrogens with one attached hydrogen (secondary N) is 3. The highest BCUT2D eigenvalue weighted by molar-refractivity contribution is 6.05. The fourth-order valence-electron chi connectivity index (χ4n) is 2.59. The lowest BCUT2D eigenvalue weighted by molar-refractivity contribution is 0.101. The molecule has 0 fully saturated rings. The Bertz CT molecular complexity index is 1030. The summed E-state index contributed by atoms with van der Waals surface area (Å²) in [4.78, 5) is 33.4. The molecule has 0 atom stereocenters. The fraction of sp³-hybridized carbons (Fsp3) is 0.143. The zero-order chi connectivity index (χ0) is 20.8. The Kier molecular flexibility index (Phi) is 6.03. The van der Waals surface area contributed by atoms with Crippen molar-refractivity contribution in [3.63, 3.8) is 0 Å². The number of methoxy groups -OCH3 is 1. The highest BCUT2D eigenvalue weighted by Crippen LogP contribution is 2.17. The van der Waals surface area contributed by atoms with E-state index in [9.17, 15) is 9.59 Å². The molecule has 1 aromatic heterocycles. The average molecular weight is 391 g/mol. The van der Waals surface area contributed by atoms with E-state index in [1.165, 1.54) is 0 Å². The molecule has 3 aromatic rings. The number of carbonyl (C=O) groups is 2. The lowest BCUT2D eigenvalue weighted by Gasteiger charge is -2.10. The number of amides is 2. The molecule has 0 aliphatic heterocycles. The van der Waals surface area contributed by atoms with Gasteiger partial charge in [0.1, 0.15) is 17.4 Å². The molecular weight excluding hydrogens is 370 g/mol. The van der Waals surface area contributed by atoms with Gasteiger partial charge in [0.2, 0.25) is 5.95 Å². The van der Waals surface area contributed by atoms with Crippen LogP contribution in [0.15, 0.2) is 54.6 Å². The van der Waals surface area contributed by atoms with Gasteiger partial charge in [-0.2, -0.15) is 9.97 Å². The van der Waals surface area contributed by atoms with Crippen molar-refractivity contribution in [1.82, 2.24) is 9.97 Å². The lowest BCUT2D eigenvalue weighted by Crippen LogP contribution is -2.17. The molecular formula is C21H21N5O3. The van der Waals surface area contributed by atoms with Crippen molar-refractivity contribution in [2.24, 2.45) is 0 Å². The van der Waals surface area contributed by atoms with Crippen LogP contribution in [0.1, 0.15) is 26.3 Å². The predicted molar refractivity (Wildman–Crippen MR) is 112 cm³/mol. The summed E-state index contributed by atoms with van der Waals surface area (Å²) >= 11 is 0. The summed E-state index contributed by atoms with van der Waals surface area (Å²) in [6.07, 6.45) is 0. The van der Waals surface area contributed by atoms with Gasteiger partial charge >= 0.3 is 0 Å². The van der Waals surface area contributed by atoms with Gasteiger partial charge in [0.15, 0.2) is 0 Å². The van der Waals surface area contributed by atoms with Crippen molar-refractivity contribution in [1.29, 1.82) is 0 Å². The quantitative estimate of drug-likeness (QED) is 0.595. The standard InChI is InChI=1S/C21H21N5O3/c1-13-5-4-6-15(11-13)20(28)26-21-24-17(22-2)12-18(25-21)23-19(27)14-7-9-16(29-3)10-8-14/h4-12H,1-3H3,(H3,22,23,24,25,26,27,28). The molecule has 0 spiro atoms. The monoisotopic (exact) mass is 391 g/mol. The van der Waals surface area contributed by atoms with Crippen LogP contribution in [-0.2, 0) is 0 Å². The van der Waals surface area contributed by atoms with Crippen LogP contribution in [0, 0.1) is 6.92 Å². The van der Waals surface area contributed by atoms with E-state index in [0.29, 0.717) is 22.7 Å². The number of aromatic nitrogens is 2. The molecule has 3 N–H and O–H groups in total. The number of anilines is 3. The first-order valence-corrected chi connectivity index (χ1v) is 8.89. The van der Waals surface area contributed by atoms with Gasteiger partial charge < -0.3 is 15.4 Å². The molecule has 2 aromatic carbocycles. The van der Waals surface area contributed by atoms with Crippen LogP contribution in [0.3, 0.4) is 0 Å². The van der Waals surface area contributed by atoms with Gasteiger partial charge in [-0.3, -0.25) is 14.9 Å². The van der Waals surface area contributed by atoms with Gasteiger partial charge in [-0.1, -0.05) is 17.7 Å². The zero-order valence-corrected chi connectivity index (χ0v) is 16.3. The largest absolute Gasteiger partial charge is 0.497 e. The summed E-state index contributed by atoms with van der Waals surface area (Å²) in [5.41, 5.74) is 1.91. The van der Waals surface area contributed by atoms with Crippen molar-refractivity contribution >= 4 is 29.4 Å². The smallest absolute Gasteiger partial charge is 0.258 e. The number of benzene rings is 2. The van der Waals surface area contributed by atoms with Crippen LogP contribution in [0.5, 0.6) is 5.75 Å². The molecule has 0 bridgehead atoms. The van der Waals surface area contributed by atoms with Crippen LogP contribution in [-0.4, -0.2) is 35.9 Å². The third kappa shape index (κ3) is 5.07. The SMILES string of the molecule is CNc1cc(NC(=O)c2ccc(OC)cc2)nc(NC(=O)c2cccc(C)c2)n1. The molecule has 0 saturated carbocycles. The molecule has 8 nitrogen and oxygen atoms in total. The van der Waals surface area contributed by atoms with Crippen LogP contribution < -0.4 is 20.7 Å². The molecule has 1 heterocycles. The van der Waals surface area contributed by atoms with Crippen LogP contribution in [0.2, 0.25) is 0 Å². The van der Waals surface area contributed by atoms with E-state index < -0.39 is 0 Å². The molecule has 148 valence electrons. The zero-order valence-electron chi connectivity index (χ0n) is 16.3. The number of rotatable bonds is 6. The van der Waals surface area contributed by atoms with Crippen molar-refractivity contribution in [2.45, 2.75) is 6.92 Å². The van der Waals surface area contributed by atoms with Crippen molar-refractivity contribution in [3.05, 3.63) is 71.3 Å². The maximum Gasteiger partial charge on any atom is 0.258 e. The second kappa shape index (κ2) is 8.83. The van der Waals surface area contributed by atoms with Crippen molar-refractivity contribution < 1.29 is 14.3 Å². The highest BCUT2D eigenvalue weighted by Gasteiger charge is 2.13. The molecule has 0 aliphatic rings. The fourth-order valence-corrected chi connectivity index (χ4v) is 2.59. The van der Waals surface area contributed by atoms with Gasteiger partial charge in [0.25, 0.3) is 11.8 Å². The third-order valence-corrected chi connectivity index (χ3v) is 4.08. The topological polar surface area (TPSA) is 105 Å². The predicted octanol–water partition coefficient (Wildman–Crippen LogP) is 3.34. The third-order valence-electron chi connectivity index (χ3n) is 4.08. The molecule has 3 rings (SSSR count).